The molecule has 1 fully saturated rings. The number of nitrogens with zero attached hydrogens (tertiary/aromatic N) is 1. The van der Waals surface area contributed by atoms with Crippen LogP contribution in [0.5, 0.6) is 0 Å². The van der Waals surface area contributed by atoms with Crippen LogP contribution in [0.4, 0.5) is 0 Å². The van der Waals surface area contributed by atoms with Gasteiger partial charge in [0.25, 0.3) is 0 Å². The predicted molar refractivity (Wildman–Crippen MR) is 77.8 cm³/mol. The molecule has 0 radical (unpaired) electrons. The number of nitrogens with one attached hydrogen (secondary N) is 1. The smallest absolute Gasteiger partial charge is 0.0610 e. The summed E-state index contributed by atoms with van der Waals surface area (Å²) in [5.74, 6) is 0.753. The SMILES string of the molecule is CCNC(C)(CO)CCCN(CC(C)C)C1CC1. The van der Waals surface area contributed by atoms with Crippen molar-refractivity contribution in [2.75, 3.05) is 26.2 Å². The summed E-state index contributed by atoms with van der Waals surface area (Å²) >= 11 is 0. The third kappa shape index (κ3) is 5.68. The highest BCUT2D eigenvalue weighted by atomic mass is 16.3. The average molecular weight is 256 g/mol. The van der Waals surface area contributed by atoms with Gasteiger partial charge in [0.15, 0.2) is 0 Å². The molecule has 0 aromatic heterocycles. The number of hydrogen-bond donors (Lipinski definition) is 2. The van der Waals surface area contributed by atoms with Gasteiger partial charge < -0.3 is 15.3 Å². The Labute approximate surface area is 113 Å². The van der Waals surface area contributed by atoms with Crippen molar-refractivity contribution in [1.29, 1.82) is 0 Å². The Morgan fingerprint density at radius 3 is 2.50 bits per heavy atom. The second kappa shape index (κ2) is 7.46. The normalized spacial score (nSPS) is 19.5. The van der Waals surface area contributed by atoms with Crippen LogP contribution < -0.4 is 5.32 Å². The topological polar surface area (TPSA) is 35.5 Å². The summed E-state index contributed by atoms with van der Waals surface area (Å²) in [5.41, 5.74) is -0.0954. The van der Waals surface area contributed by atoms with Gasteiger partial charge in [0.1, 0.15) is 0 Å². The quantitative estimate of drug-likeness (QED) is 0.629. The molecule has 0 saturated heterocycles. The maximum absolute atomic E-state index is 9.47. The molecule has 0 bridgehead atoms. The van der Waals surface area contributed by atoms with Crippen molar-refractivity contribution >= 4 is 0 Å². The molecule has 18 heavy (non-hydrogen) atoms. The molecule has 1 aliphatic carbocycles. The largest absolute Gasteiger partial charge is 0.394 e. The first kappa shape index (κ1) is 15.9. The Hall–Kier alpha value is -0.120. The molecule has 2 N–H and O–H groups in total. The predicted octanol–water partition coefficient (Wildman–Crippen LogP) is 2.25. The van der Waals surface area contributed by atoms with E-state index in [1.165, 1.54) is 32.4 Å². The molecule has 3 nitrogen and oxygen atoms in total. The van der Waals surface area contributed by atoms with Crippen LogP contribution in [-0.2, 0) is 0 Å². The third-order valence-corrected chi connectivity index (χ3v) is 3.79. The summed E-state index contributed by atoms with van der Waals surface area (Å²) in [7, 11) is 0. The minimum Gasteiger partial charge on any atom is -0.394 e. The molecule has 108 valence electrons. The first-order chi connectivity index (χ1) is 8.50. The van der Waals surface area contributed by atoms with Crippen LogP contribution in [0.2, 0.25) is 0 Å². The van der Waals surface area contributed by atoms with Gasteiger partial charge in [-0.3, -0.25) is 0 Å². The fourth-order valence-electron chi connectivity index (χ4n) is 2.65. The Morgan fingerprint density at radius 2 is 2.06 bits per heavy atom. The monoisotopic (exact) mass is 256 g/mol. The van der Waals surface area contributed by atoms with Gasteiger partial charge in [0.2, 0.25) is 0 Å². The Kier molecular flexibility index (Phi) is 6.61. The van der Waals surface area contributed by atoms with Crippen LogP contribution in [0.3, 0.4) is 0 Å². The number of hydrogen-bond acceptors (Lipinski definition) is 3. The van der Waals surface area contributed by atoms with Crippen molar-refractivity contribution in [2.45, 2.75) is 65.0 Å². The number of aliphatic hydroxyl groups is 1. The van der Waals surface area contributed by atoms with E-state index in [2.05, 4.69) is 37.9 Å². The first-order valence-electron chi connectivity index (χ1n) is 7.60. The summed E-state index contributed by atoms with van der Waals surface area (Å²) in [5, 5.41) is 12.9. The number of aliphatic hydroxyl groups excluding tert-OH is 1. The fraction of sp³-hybridized carbons (Fsp3) is 1.00. The van der Waals surface area contributed by atoms with E-state index in [1.807, 2.05) is 0 Å². The van der Waals surface area contributed by atoms with Crippen LogP contribution in [0.15, 0.2) is 0 Å². The molecule has 0 amide bonds. The lowest BCUT2D eigenvalue weighted by Crippen LogP contribution is -2.46. The zero-order chi connectivity index (χ0) is 13.6. The lowest BCUT2D eigenvalue weighted by Gasteiger charge is -2.30. The maximum atomic E-state index is 9.47. The van der Waals surface area contributed by atoms with Gasteiger partial charge in [-0.2, -0.15) is 0 Å². The van der Waals surface area contributed by atoms with Gasteiger partial charge in [-0.25, -0.2) is 0 Å². The highest BCUT2D eigenvalue weighted by Crippen LogP contribution is 2.28. The molecule has 1 unspecified atom stereocenters. The molecule has 1 rings (SSSR count). The van der Waals surface area contributed by atoms with Crippen molar-refractivity contribution < 1.29 is 5.11 Å². The van der Waals surface area contributed by atoms with E-state index >= 15 is 0 Å². The molecule has 0 aromatic rings. The number of likely N-dealkylation sites (N-methyl/N-ethyl adjacent to an activating group) is 1. The Morgan fingerprint density at radius 1 is 1.39 bits per heavy atom. The Balaban J connectivity index is 2.28. The van der Waals surface area contributed by atoms with E-state index in [9.17, 15) is 5.11 Å². The molecule has 0 heterocycles. The van der Waals surface area contributed by atoms with Gasteiger partial charge >= 0.3 is 0 Å². The van der Waals surface area contributed by atoms with Crippen LogP contribution in [0, 0.1) is 5.92 Å². The van der Waals surface area contributed by atoms with Gasteiger partial charge in [0.05, 0.1) is 6.61 Å². The summed E-state index contributed by atoms with van der Waals surface area (Å²) in [6.07, 6.45) is 5.00. The average Bonchev–Trinajstić information content (AvgIpc) is 3.11. The summed E-state index contributed by atoms with van der Waals surface area (Å²) in [6.45, 7) is 12.4. The molecule has 0 spiro atoms. The molecular formula is C15H32N2O. The second-order valence-corrected chi connectivity index (χ2v) is 6.47. The minimum atomic E-state index is -0.0954. The summed E-state index contributed by atoms with van der Waals surface area (Å²) in [4.78, 5) is 2.65. The van der Waals surface area contributed by atoms with E-state index in [0.717, 1.165) is 24.9 Å². The van der Waals surface area contributed by atoms with Crippen molar-refractivity contribution in [1.82, 2.24) is 10.2 Å². The Bertz CT molecular complexity index is 229. The molecule has 1 aliphatic rings. The van der Waals surface area contributed by atoms with Crippen LogP contribution in [-0.4, -0.2) is 47.8 Å². The van der Waals surface area contributed by atoms with Gasteiger partial charge in [-0.1, -0.05) is 20.8 Å². The highest BCUT2D eigenvalue weighted by molar-refractivity contribution is 4.86. The minimum absolute atomic E-state index is 0.0954. The second-order valence-electron chi connectivity index (χ2n) is 6.47. The molecule has 0 aromatic carbocycles. The lowest BCUT2D eigenvalue weighted by molar-refractivity contribution is 0.154. The van der Waals surface area contributed by atoms with Gasteiger partial charge in [0, 0.05) is 18.1 Å². The van der Waals surface area contributed by atoms with E-state index in [1.54, 1.807) is 0 Å². The molecule has 3 heteroatoms. The first-order valence-corrected chi connectivity index (χ1v) is 7.60. The van der Waals surface area contributed by atoms with E-state index in [0.29, 0.717) is 0 Å². The molecule has 0 aliphatic heterocycles. The van der Waals surface area contributed by atoms with Crippen LogP contribution in [0.1, 0.15) is 53.4 Å². The standard InChI is InChI=1S/C15H32N2O/c1-5-16-15(4,12-18)9-6-10-17(11-13(2)3)14-7-8-14/h13-14,16,18H,5-12H2,1-4H3. The summed E-state index contributed by atoms with van der Waals surface area (Å²) in [6, 6.07) is 0.854. The van der Waals surface area contributed by atoms with Gasteiger partial charge in [-0.05, 0) is 51.6 Å². The van der Waals surface area contributed by atoms with Crippen molar-refractivity contribution in [3.05, 3.63) is 0 Å². The molecule has 1 atom stereocenters. The summed E-state index contributed by atoms with van der Waals surface area (Å²) < 4.78 is 0. The maximum Gasteiger partial charge on any atom is 0.0610 e. The molecule has 1 saturated carbocycles. The van der Waals surface area contributed by atoms with Crippen molar-refractivity contribution in [3.8, 4) is 0 Å². The van der Waals surface area contributed by atoms with Crippen molar-refractivity contribution in [2.24, 2.45) is 5.92 Å². The highest BCUT2D eigenvalue weighted by Gasteiger charge is 2.29. The van der Waals surface area contributed by atoms with Crippen LogP contribution in [0.25, 0.3) is 0 Å². The van der Waals surface area contributed by atoms with Crippen molar-refractivity contribution in [3.63, 3.8) is 0 Å². The fourth-order valence-corrected chi connectivity index (χ4v) is 2.65. The third-order valence-electron chi connectivity index (χ3n) is 3.79. The lowest BCUT2D eigenvalue weighted by atomic mass is 9.96. The van der Waals surface area contributed by atoms with E-state index in [-0.39, 0.29) is 12.1 Å². The van der Waals surface area contributed by atoms with E-state index in [4.69, 9.17) is 0 Å². The number of rotatable bonds is 10. The zero-order valence-corrected chi connectivity index (χ0v) is 12.7. The van der Waals surface area contributed by atoms with Gasteiger partial charge in [-0.15, -0.1) is 0 Å². The van der Waals surface area contributed by atoms with Crippen LogP contribution >= 0.6 is 0 Å². The molecular weight excluding hydrogens is 224 g/mol. The van der Waals surface area contributed by atoms with E-state index < -0.39 is 0 Å². The zero-order valence-electron chi connectivity index (χ0n) is 12.7.